The SMILES string of the molecule is C=CC[C@H](C)C(C(C)C)S(N)=O. The van der Waals surface area contributed by atoms with Crippen LogP contribution in [0, 0.1) is 11.8 Å². The summed E-state index contributed by atoms with van der Waals surface area (Å²) in [4.78, 5) is 0. The third kappa shape index (κ3) is 3.50. The smallest absolute Gasteiger partial charge is 0.0925 e. The number of rotatable bonds is 5. The van der Waals surface area contributed by atoms with Gasteiger partial charge >= 0.3 is 0 Å². The summed E-state index contributed by atoms with van der Waals surface area (Å²) < 4.78 is 11.2. The van der Waals surface area contributed by atoms with E-state index in [1.54, 1.807) is 0 Å². The van der Waals surface area contributed by atoms with E-state index in [1.807, 2.05) is 6.08 Å². The molecule has 0 aliphatic carbocycles. The monoisotopic (exact) mass is 189 g/mol. The van der Waals surface area contributed by atoms with Crippen LogP contribution in [0.15, 0.2) is 12.7 Å². The van der Waals surface area contributed by atoms with Crippen molar-refractivity contribution < 1.29 is 4.21 Å². The van der Waals surface area contributed by atoms with Crippen LogP contribution in [0.25, 0.3) is 0 Å². The fraction of sp³-hybridized carbons (Fsp3) is 0.778. The van der Waals surface area contributed by atoms with Gasteiger partial charge in [0.15, 0.2) is 0 Å². The van der Waals surface area contributed by atoms with Crippen molar-refractivity contribution in [3.8, 4) is 0 Å². The molecule has 2 N–H and O–H groups in total. The number of nitrogens with two attached hydrogens (primary N) is 1. The summed E-state index contributed by atoms with van der Waals surface area (Å²) in [6.07, 6.45) is 2.73. The Kier molecular flexibility index (Phi) is 5.42. The van der Waals surface area contributed by atoms with Crippen LogP contribution in [-0.2, 0) is 11.0 Å². The molecule has 0 spiro atoms. The second kappa shape index (κ2) is 5.49. The first-order valence-electron chi connectivity index (χ1n) is 4.26. The molecule has 12 heavy (non-hydrogen) atoms. The van der Waals surface area contributed by atoms with Crippen molar-refractivity contribution in [2.75, 3.05) is 0 Å². The van der Waals surface area contributed by atoms with Crippen LogP contribution in [0.2, 0.25) is 0 Å². The van der Waals surface area contributed by atoms with Gasteiger partial charge < -0.3 is 0 Å². The van der Waals surface area contributed by atoms with Crippen LogP contribution >= 0.6 is 0 Å². The summed E-state index contributed by atoms with van der Waals surface area (Å²) >= 11 is 0. The molecule has 0 aliphatic heterocycles. The van der Waals surface area contributed by atoms with Crippen LogP contribution in [0.5, 0.6) is 0 Å². The van der Waals surface area contributed by atoms with E-state index in [-0.39, 0.29) is 5.25 Å². The molecule has 0 bridgehead atoms. The molecule has 0 amide bonds. The van der Waals surface area contributed by atoms with Gasteiger partial charge in [-0.05, 0) is 18.3 Å². The van der Waals surface area contributed by atoms with Crippen molar-refractivity contribution >= 4 is 11.0 Å². The lowest BCUT2D eigenvalue weighted by atomic mass is 9.95. The quantitative estimate of drug-likeness (QED) is 0.659. The zero-order valence-corrected chi connectivity index (χ0v) is 8.93. The van der Waals surface area contributed by atoms with Crippen molar-refractivity contribution in [1.82, 2.24) is 0 Å². The molecule has 3 heteroatoms. The zero-order valence-electron chi connectivity index (χ0n) is 8.12. The molecule has 0 aliphatic rings. The van der Waals surface area contributed by atoms with E-state index in [9.17, 15) is 4.21 Å². The van der Waals surface area contributed by atoms with E-state index in [4.69, 9.17) is 5.14 Å². The Morgan fingerprint density at radius 2 is 2.00 bits per heavy atom. The van der Waals surface area contributed by atoms with Gasteiger partial charge in [-0.15, -0.1) is 6.58 Å². The first-order valence-corrected chi connectivity index (χ1v) is 5.54. The summed E-state index contributed by atoms with van der Waals surface area (Å²) in [6.45, 7) is 9.83. The van der Waals surface area contributed by atoms with Gasteiger partial charge in [0.2, 0.25) is 0 Å². The lowest BCUT2D eigenvalue weighted by Crippen LogP contribution is -2.33. The zero-order chi connectivity index (χ0) is 9.72. The Morgan fingerprint density at radius 3 is 2.25 bits per heavy atom. The van der Waals surface area contributed by atoms with Gasteiger partial charge in [0, 0.05) is 0 Å². The highest BCUT2D eigenvalue weighted by molar-refractivity contribution is 7.83. The second-order valence-electron chi connectivity index (χ2n) is 3.54. The maximum Gasteiger partial charge on any atom is 0.0925 e. The van der Waals surface area contributed by atoms with Crippen molar-refractivity contribution in [3.63, 3.8) is 0 Å². The molecule has 2 unspecified atom stereocenters. The number of allylic oxidation sites excluding steroid dienone is 1. The van der Waals surface area contributed by atoms with Gasteiger partial charge in [-0.1, -0.05) is 26.8 Å². The molecule has 0 aromatic carbocycles. The third-order valence-corrected chi connectivity index (χ3v) is 3.57. The maximum atomic E-state index is 11.2. The molecule has 0 aromatic rings. The summed E-state index contributed by atoms with van der Waals surface area (Å²) in [5.41, 5.74) is 0. The van der Waals surface area contributed by atoms with Crippen molar-refractivity contribution in [2.45, 2.75) is 32.4 Å². The Morgan fingerprint density at radius 1 is 1.50 bits per heavy atom. The van der Waals surface area contributed by atoms with E-state index >= 15 is 0 Å². The van der Waals surface area contributed by atoms with Crippen LogP contribution in [-0.4, -0.2) is 9.46 Å². The molecule has 3 atom stereocenters. The average Bonchev–Trinajstić information content (AvgIpc) is 1.85. The Labute approximate surface area is 77.8 Å². The molecule has 0 radical (unpaired) electrons. The minimum atomic E-state index is -1.21. The number of hydrogen-bond donors (Lipinski definition) is 1. The van der Waals surface area contributed by atoms with Crippen LogP contribution in [0.3, 0.4) is 0 Å². The summed E-state index contributed by atoms with van der Waals surface area (Å²) in [5, 5.41) is 5.49. The highest BCUT2D eigenvalue weighted by atomic mass is 32.2. The molecular formula is C9H19NOS. The predicted octanol–water partition coefficient (Wildman–Crippen LogP) is 1.85. The molecule has 0 rings (SSSR count). The molecule has 2 nitrogen and oxygen atoms in total. The maximum absolute atomic E-state index is 11.2. The highest BCUT2D eigenvalue weighted by Gasteiger charge is 2.23. The number of hydrogen-bond acceptors (Lipinski definition) is 1. The minimum Gasteiger partial charge on any atom is -0.252 e. The highest BCUT2D eigenvalue weighted by Crippen LogP contribution is 2.19. The first kappa shape index (κ1) is 11.8. The van der Waals surface area contributed by atoms with Gasteiger partial charge in [0.1, 0.15) is 0 Å². The Hall–Kier alpha value is -0.150. The van der Waals surface area contributed by atoms with Gasteiger partial charge in [-0.2, -0.15) is 0 Å². The van der Waals surface area contributed by atoms with Gasteiger partial charge in [0.25, 0.3) is 0 Å². The largest absolute Gasteiger partial charge is 0.252 e. The van der Waals surface area contributed by atoms with Gasteiger partial charge in [-0.3, -0.25) is 5.14 Å². The van der Waals surface area contributed by atoms with E-state index < -0.39 is 11.0 Å². The van der Waals surface area contributed by atoms with E-state index in [0.717, 1.165) is 6.42 Å². The lowest BCUT2D eigenvalue weighted by Gasteiger charge is -2.23. The average molecular weight is 189 g/mol. The molecule has 72 valence electrons. The van der Waals surface area contributed by atoms with Crippen molar-refractivity contribution in [1.29, 1.82) is 0 Å². The van der Waals surface area contributed by atoms with Gasteiger partial charge in [0.05, 0.1) is 16.2 Å². The second-order valence-corrected chi connectivity index (χ2v) is 4.74. The summed E-state index contributed by atoms with van der Waals surface area (Å²) in [6, 6.07) is 0. The van der Waals surface area contributed by atoms with Crippen molar-refractivity contribution in [3.05, 3.63) is 12.7 Å². The van der Waals surface area contributed by atoms with E-state index in [0.29, 0.717) is 11.8 Å². The van der Waals surface area contributed by atoms with Crippen LogP contribution in [0.1, 0.15) is 27.2 Å². The summed E-state index contributed by atoms with van der Waals surface area (Å²) in [7, 11) is -1.21. The van der Waals surface area contributed by atoms with Crippen molar-refractivity contribution in [2.24, 2.45) is 17.0 Å². The van der Waals surface area contributed by atoms with Gasteiger partial charge in [-0.25, -0.2) is 4.21 Å². The fourth-order valence-electron chi connectivity index (χ4n) is 1.55. The first-order chi connectivity index (χ1) is 5.50. The third-order valence-electron chi connectivity index (χ3n) is 2.02. The summed E-state index contributed by atoms with van der Waals surface area (Å²) in [5.74, 6) is 0.721. The molecule has 0 fully saturated rings. The van der Waals surface area contributed by atoms with Crippen LogP contribution in [0.4, 0.5) is 0 Å². The molecular weight excluding hydrogens is 170 g/mol. The lowest BCUT2D eigenvalue weighted by molar-refractivity contribution is 0.448. The fourth-order valence-corrected chi connectivity index (χ4v) is 2.66. The molecule has 0 saturated carbocycles. The minimum absolute atomic E-state index is 0.0861. The standard InChI is InChI=1S/C9H19NOS/c1-5-6-8(4)9(7(2)3)12(10)11/h5,7-9H,1,6,10H2,2-4H3/t8-,9?,12?/m0/s1. The predicted molar refractivity (Wildman–Crippen MR) is 54.9 cm³/mol. The Bertz CT molecular complexity index is 168. The molecule has 0 saturated heterocycles. The van der Waals surface area contributed by atoms with Crippen LogP contribution < -0.4 is 5.14 Å². The molecule has 0 aromatic heterocycles. The topological polar surface area (TPSA) is 43.1 Å². The molecule has 0 heterocycles. The van der Waals surface area contributed by atoms with E-state index in [2.05, 4.69) is 27.4 Å². The normalized spacial score (nSPS) is 18.8. The Balaban J connectivity index is 4.28. The van der Waals surface area contributed by atoms with E-state index in [1.165, 1.54) is 0 Å².